The molecule has 0 aromatic rings. The molecule has 0 saturated heterocycles. The zero-order chi connectivity index (χ0) is 17.7. The molecule has 0 amide bonds. The Labute approximate surface area is 141 Å². The lowest BCUT2D eigenvalue weighted by atomic mass is 9.94. The molecule has 4 heteroatoms. The van der Waals surface area contributed by atoms with Crippen LogP contribution in [0.4, 0.5) is 0 Å². The van der Waals surface area contributed by atoms with Crippen LogP contribution in [0.3, 0.4) is 0 Å². The third kappa shape index (κ3) is 9.42. The first-order chi connectivity index (χ1) is 11.0. The van der Waals surface area contributed by atoms with E-state index in [0.29, 0.717) is 37.2 Å². The van der Waals surface area contributed by atoms with Gasteiger partial charge >= 0.3 is 11.9 Å². The Morgan fingerprint density at radius 1 is 0.783 bits per heavy atom. The minimum Gasteiger partial charge on any atom is -0.462 e. The van der Waals surface area contributed by atoms with E-state index < -0.39 is 0 Å². The fourth-order valence-corrected chi connectivity index (χ4v) is 2.23. The fourth-order valence-electron chi connectivity index (χ4n) is 2.23. The zero-order valence-electron chi connectivity index (χ0n) is 15.6. The van der Waals surface area contributed by atoms with Crippen molar-refractivity contribution in [2.75, 3.05) is 13.2 Å². The zero-order valence-corrected chi connectivity index (χ0v) is 15.6. The smallest absolute Gasteiger partial charge is 0.334 e. The Morgan fingerprint density at radius 2 is 1.30 bits per heavy atom. The third-order valence-electron chi connectivity index (χ3n) is 3.37. The van der Waals surface area contributed by atoms with E-state index >= 15 is 0 Å². The highest BCUT2D eigenvalue weighted by Crippen LogP contribution is 2.23. The Kier molecular flexibility index (Phi) is 12.4. The summed E-state index contributed by atoms with van der Waals surface area (Å²) in [5, 5.41) is 0. The van der Waals surface area contributed by atoms with Gasteiger partial charge < -0.3 is 9.47 Å². The van der Waals surface area contributed by atoms with E-state index in [2.05, 4.69) is 6.92 Å². The number of hydrogen-bond donors (Lipinski definition) is 0. The van der Waals surface area contributed by atoms with E-state index in [1.54, 1.807) is 0 Å². The lowest BCUT2D eigenvalue weighted by molar-refractivity contribution is -0.142. The Morgan fingerprint density at radius 3 is 1.74 bits per heavy atom. The van der Waals surface area contributed by atoms with Crippen LogP contribution in [0.15, 0.2) is 11.1 Å². The topological polar surface area (TPSA) is 52.6 Å². The van der Waals surface area contributed by atoms with Gasteiger partial charge in [0.15, 0.2) is 0 Å². The maximum absolute atomic E-state index is 12.4. The van der Waals surface area contributed by atoms with E-state index in [1.165, 1.54) is 0 Å². The monoisotopic (exact) mass is 326 g/mol. The van der Waals surface area contributed by atoms with E-state index in [9.17, 15) is 9.59 Å². The van der Waals surface area contributed by atoms with Gasteiger partial charge in [-0.05, 0) is 38.0 Å². The van der Waals surface area contributed by atoms with Crippen molar-refractivity contribution in [2.24, 2.45) is 5.92 Å². The normalized spacial score (nSPS) is 12.1. The molecule has 0 bridgehead atoms. The van der Waals surface area contributed by atoms with E-state index in [0.717, 1.165) is 32.1 Å². The van der Waals surface area contributed by atoms with Crippen molar-refractivity contribution in [3.05, 3.63) is 11.1 Å². The van der Waals surface area contributed by atoms with Gasteiger partial charge in [-0.3, -0.25) is 0 Å². The predicted octanol–water partition coefficient (Wildman–Crippen LogP) is 4.82. The molecule has 0 heterocycles. The van der Waals surface area contributed by atoms with Crippen LogP contribution in [0.5, 0.6) is 0 Å². The quantitative estimate of drug-likeness (QED) is 0.293. The Bertz CT molecular complexity index is 383. The summed E-state index contributed by atoms with van der Waals surface area (Å²) >= 11 is 0. The second-order valence-electron chi connectivity index (χ2n) is 6.28. The number of carbonyl (C=O) groups excluding carboxylic acids is 2. The molecule has 0 fully saturated rings. The Hall–Kier alpha value is -1.32. The van der Waals surface area contributed by atoms with Gasteiger partial charge in [-0.25, -0.2) is 9.59 Å². The summed E-state index contributed by atoms with van der Waals surface area (Å²) in [6.07, 6.45) is 5.65. The van der Waals surface area contributed by atoms with Crippen molar-refractivity contribution >= 4 is 11.9 Å². The molecule has 4 nitrogen and oxygen atoms in total. The highest BCUT2D eigenvalue weighted by molar-refractivity contribution is 6.00. The molecule has 134 valence electrons. The molecular weight excluding hydrogens is 292 g/mol. The summed E-state index contributed by atoms with van der Waals surface area (Å²) in [6.45, 7) is 10.9. The summed E-state index contributed by atoms with van der Waals surface area (Å²) in [4.78, 5) is 24.8. The molecule has 0 aromatic carbocycles. The van der Waals surface area contributed by atoms with Crippen LogP contribution in [0.2, 0.25) is 0 Å². The van der Waals surface area contributed by atoms with Gasteiger partial charge in [-0.15, -0.1) is 0 Å². The van der Waals surface area contributed by atoms with Crippen molar-refractivity contribution in [3.63, 3.8) is 0 Å². The van der Waals surface area contributed by atoms with Crippen LogP contribution >= 0.6 is 0 Å². The molecule has 0 aliphatic carbocycles. The van der Waals surface area contributed by atoms with Crippen molar-refractivity contribution in [2.45, 2.75) is 79.6 Å². The van der Waals surface area contributed by atoms with Gasteiger partial charge in [-0.1, -0.05) is 47.5 Å². The molecule has 23 heavy (non-hydrogen) atoms. The first kappa shape index (κ1) is 21.7. The SMILES string of the molecule is CCCCC/C(C(=O)OCCC)=C(\CC(C)C)C(=O)OCCC. The molecule has 0 unspecified atom stereocenters. The van der Waals surface area contributed by atoms with Crippen LogP contribution in [0.25, 0.3) is 0 Å². The van der Waals surface area contributed by atoms with Crippen molar-refractivity contribution in [1.29, 1.82) is 0 Å². The molecular formula is C19H34O4. The standard InChI is InChI=1S/C19H34O4/c1-6-9-10-11-16(18(20)22-12-7-2)17(14-15(4)5)19(21)23-13-8-3/h15H,6-14H2,1-5H3/b17-16-. The van der Waals surface area contributed by atoms with Gasteiger partial charge in [0, 0.05) is 11.1 Å². The number of carbonyl (C=O) groups is 2. The minimum absolute atomic E-state index is 0.277. The van der Waals surface area contributed by atoms with Crippen molar-refractivity contribution < 1.29 is 19.1 Å². The third-order valence-corrected chi connectivity index (χ3v) is 3.37. The van der Waals surface area contributed by atoms with Crippen LogP contribution in [-0.2, 0) is 19.1 Å². The number of ether oxygens (including phenoxy) is 2. The van der Waals surface area contributed by atoms with Crippen LogP contribution in [0, 0.1) is 5.92 Å². The number of hydrogen-bond acceptors (Lipinski definition) is 4. The molecule has 0 atom stereocenters. The molecule has 0 saturated carbocycles. The average Bonchev–Trinajstić information content (AvgIpc) is 2.52. The lowest BCUT2D eigenvalue weighted by Crippen LogP contribution is -2.19. The molecule has 0 aliphatic rings. The fraction of sp³-hybridized carbons (Fsp3) is 0.789. The molecule has 0 rings (SSSR count). The van der Waals surface area contributed by atoms with Gasteiger partial charge in [0.25, 0.3) is 0 Å². The first-order valence-corrected chi connectivity index (χ1v) is 9.04. The van der Waals surface area contributed by atoms with Crippen LogP contribution < -0.4 is 0 Å². The largest absolute Gasteiger partial charge is 0.462 e. The maximum Gasteiger partial charge on any atom is 0.334 e. The molecule has 0 aliphatic heterocycles. The van der Waals surface area contributed by atoms with Gasteiger partial charge in [0.05, 0.1) is 13.2 Å². The van der Waals surface area contributed by atoms with E-state index in [1.807, 2.05) is 27.7 Å². The molecule has 0 N–H and O–H groups in total. The summed E-state index contributed by atoms with van der Waals surface area (Å²) in [5.41, 5.74) is 1.02. The summed E-state index contributed by atoms with van der Waals surface area (Å²) < 4.78 is 10.6. The summed E-state index contributed by atoms with van der Waals surface area (Å²) in [7, 11) is 0. The van der Waals surface area contributed by atoms with Gasteiger partial charge in [-0.2, -0.15) is 0 Å². The molecule has 0 radical (unpaired) electrons. The summed E-state index contributed by atoms with van der Waals surface area (Å²) in [6, 6.07) is 0. The lowest BCUT2D eigenvalue weighted by Gasteiger charge is -2.16. The number of rotatable bonds is 12. The maximum atomic E-state index is 12.4. The first-order valence-electron chi connectivity index (χ1n) is 9.04. The summed E-state index contributed by atoms with van der Waals surface area (Å²) in [5.74, 6) is -0.438. The highest BCUT2D eigenvalue weighted by Gasteiger charge is 2.23. The average molecular weight is 326 g/mol. The molecule has 0 aromatic heterocycles. The van der Waals surface area contributed by atoms with Crippen molar-refractivity contribution in [3.8, 4) is 0 Å². The Balaban J connectivity index is 5.41. The van der Waals surface area contributed by atoms with Gasteiger partial charge in [0.2, 0.25) is 0 Å². The van der Waals surface area contributed by atoms with E-state index in [4.69, 9.17) is 9.47 Å². The second-order valence-corrected chi connectivity index (χ2v) is 6.28. The number of esters is 2. The van der Waals surface area contributed by atoms with Gasteiger partial charge in [0.1, 0.15) is 0 Å². The van der Waals surface area contributed by atoms with Crippen LogP contribution in [-0.4, -0.2) is 25.2 Å². The highest BCUT2D eigenvalue weighted by atomic mass is 16.5. The van der Waals surface area contributed by atoms with Crippen LogP contribution in [0.1, 0.15) is 79.6 Å². The predicted molar refractivity (Wildman–Crippen MR) is 93.1 cm³/mol. The number of unbranched alkanes of at least 4 members (excludes halogenated alkanes) is 2. The molecule has 0 spiro atoms. The minimum atomic E-state index is -0.361. The van der Waals surface area contributed by atoms with E-state index in [-0.39, 0.29) is 17.9 Å². The second kappa shape index (κ2) is 13.1. The van der Waals surface area contributed by atoms with Crippen molar-refractivity contribution in [1.82, 2.24) is 0 Å².